The molecule has 0 saturated heterocycles. The minimum absolute atomic E-state index is 0.0268. The Labute approximate surface area is 358 Å². The van der Waals surface area contributed by atoms with E-state index >= 15 is 0 Å². The maximum Gasteiger partial charge on any atom is 0.337 e. The molecule has 0 radical (unpaired) electrons. The molecule has 306 valence electrons. The number of carbonyl (C=O) groups is 3. The first kappa shape index (κ1) is 40.6. The highest BCUT2D eigenvalue weighted by molar-refractivity contribution is 6.41. The topological polar surface area (TPSA) is 165 Å². The molecule has 2 heterocycles. The number of aromatic hydroxyl groups is 1. The van der Waals surface area contributed by atoms with E-state index in [1.807, 2.05) is 98.3 Å². The number of amides is 2. The number of carboxylic acid groups (broad SMARTS) is 1. The number of rotatable bonds is 9. The largest absolute Gasteiger partial charge is 0.508 e. The summed E-state index contributed by atoms with van der Waals surface area (Å²) < 4.78 is 14.3. The molecule has 8 rings (SSSR count). The number of aromatic carboxylic acids is 1. The Balaban J connectivity index is 1.06. The van der Waals surface area contributed by atoms with Crippen molar-refractivity contribution in [1.29, 1.82) is 0 Å². The summed E-state index contributed by atoms with van der Waals surface area (Å²) in [5.41, 5.74) is 5.19. The molecule has 0 fully saturated rings. The number of halogens is 2. The first-order valence-corrected chi connectivity index (χ1v) is 19.7. The monoisotopic (exact) mass is 855 g/mol. The summed E-state index contributed by atoms with van der Waals surface area (Å²) in [6, 6.07) is 29.0. The van der Waals surface area contributed by atoms with Gasteiger partial charge in [-0.2, -0.15) is 0 Å². The van der Waals surface area contributed by atoms with Gasteiger partial charge in [0.25, 0.3) is 5.91 Å². The molecule has 0 aromatic heterocycles. The molecule has 4 aromatic rings. The number of hydrogen-bond acceptors (Lipinski definition) is 8. The second-order valence-corrected chi connectivity index (χ2v) is 15.7. The van der Waals surface area contributed by atoms with E-state index < -0.39 is 24.3 Å². The number of nitrogens with one attached hydrogen (secondary N) is 2. The average Bonchev–Trinajstić information content (AvgIpc) is 3.23. The van der Waals surface area contributed by atoms with Crippen LogP contribution in [0.5, 0.6) is 5.75 Å². The van der Waals surface area contributed by atoms with Crippen LogP contribution in [0, 0.1) is 0 Å². The fourth-order valence-corrected chi connectivity index (χ4v) is 8.02. The number of fused-ring (bicyclic) bond motifs is 4. The summed E-state index contributed by atoms with van der Waals surface area (Å²) >= 11 is 13.7. The third kappa shape index (κ3) is 7.74. The number of anilines is 1. The normalized spacial score (nSPS) is 11.3. The molecule has 14 heteroatoms. The Morgan fingerprint density at radius 1 is 0.738 bits per heavy atom. The molecule has 0 atom stereocenters. The number of hydrogen-bond donors (Lipinski definition) is 4. The van der Waals surface area contributed by atoms with Gasteiger partial charge in [0.2, 0.25) is 11.3 Å². The molecule has 2 amide bonds. The summed E-state index contributed by atoms with van der Waals surface area (Å²) in [5.74, 6) is -1.72. The second-order valence-electron chi connectivity index (χ2n) is 14.9. The Kier molecular flexibility index (Phi) is 10.7. The van der Waals surface area contributed by atoms with Crippen LogP contribution < -0.4 is 30.9 Å². The van der Waals surface area contributed by atoms with Gasteiger partial charge in [-0.25, -0.2) is 9.37 Å². The zero-order chi connectivity index (χ0) is 43.3. The first-order chi connectivity index (χ1) is 29.2. The van der Waals surface area contributed by atoms with Gasteiger partial charge in [-0.1, -0.05) is 47.5 Å². The van der Waals surface area contributed by atoms with Gasteiger partial charge >= 0.3 is 5.97 Å². The predicted molar refractivity (Wildman–Crippen MR) is 237 cm³/mol. The quantitative estimate of drug-likeness (QED) is 0.0834. The Bertz CT molecular complexity index is 3170. The molecule has 0 spiro atoms. The van der Waals surface area contributed by atoms with Gasteiger partial charge in [0, 0.05) is 89.2 Å². The van der Waals surface area contributed by atoms with Crippen LogP contribution in [0.3, 0.4) is 0 Å². The highest BCUT2D eigenvalue weighted by Crippen LogP contribution is 2.47. The van der Waals surface area contributed by atoms with Crippen molar-refractivity contribution in [3.8, 4) is 50.7 Å². The maximum atomic E-state index is 13.8. The number of phenols is 1. The SMILES string of the molecule is CN(C)c1ccc2c(-c3c(Cl)c(C(=O)NCC(=O)NCc4ccc(-c5c6ccc(=O)cc-6oc6cc(O)ccc56)cc4)cc(Cl)c3C(=O)O)c3ccc(=[N+](C)C)cc-3oc2c1. The molecule has 4 aliphatic rings. The molecule has 0 unspecified atom stereocenters. The number of carboxylic acids is 1. The van der Waals surface area contributed by atoms with Crippen molar-refractivity contribution in [1.82, 2.24) is 15.2 Å². The first-order valence-electron chi connectivity index (χ1n) is 19.0. The van der Waals surface area contributed by atoms with Crippen molar-refractivity contribution < 1.29 is 33.4 Å². The molecule has 0 saturated carbocycles. The molecule has 0 bridgehead atoms. The van der Waals surface area contributed by atoms with E-state index in [1.165, 1.54) is 24.3 Å². The standard InChI is InChI=1S/C47H36Cl2N4O8/c1-52(2)26-9-13-32-36(17-26)60-37-18-27(53(3)4)10-14-33(37)42(32)44-43(47(58)59)35(48)21-34(45(44)49)46(57)51-23-40(56)50-22-24-5-7-25(8-6-24)41-30-15-11-28(54)19-38(30)61-39-20-29(55)12-16-31(39)41/h5-21H,22-23H2,1-4H3,(H3-,50,51,54,55,56,57,58,59)/p+1. The zero-order valence-electron chi connectivity index (χ0n) is 33.2. The molecule has 4 N–H and O–H groups in total. The summed E-state index contributed by atoms with van der Waals surface area (Å²) in [5, 5.41) is 27.7. The van der Waals surface area contributed by atoms with Crippen molar-refractivity contribution in [3.05, 3.63) is 145 Å². The Morgan fingerprint density at radius 2 is 1.39 bits per heavy atom. The molecular weight excluding hydrogens is 819 g/mol. The summed E-state index contributed by atoms with van der Waals surface area (Å²) in [6.45, 7) is -0.278. The van der Waals surface area contributed by atoms with E-state index in [9.17, 15) is 29.4 Å². The lowest BCUT2D eigenvalue weighted by atomic mass is 9.89. The fraction of sp³-hybridized carbons (Fsp3) is 0.128. The minimum atomic E-state index is -1.35. The third-order valence-electron chi connectivity index (χ3n) is 10.5. The average molecular weight is 857 g/mol. The molecule has 61 heavy (non-hydrogen) atoms. The number of phenolic OH excluding ortho intramolecular Hbond substituents is 1. The van der Waals surface area contributed by atoms with Crippen molar-refractivity contribution in [2.75, 3.05) is 39.6 Å². The summed E-state index contributed by atoms with van der Waals surface area (Å²) in [6.07, 6.45) is 0. The van der Waals surface area contributed by atoms with Gasteiger partial charge < -0.3 is 34.6 Å². The second kappa shape index (κ2) is 16.1. The minimum Gasteiger partial charge on any atom is -0.508 e. The molecule has 12 nitrogen and oxygen atoms in total. The lowest BCUT2D eigenvalue weighted by molar-refractivity contribution is -0.120. The molecular formula is C47H37Cl2N4O8+. The van der Waals surface area contributed by atoms with Crippen molar-refractivity contribution in [2.24, 2.45) is 0 Å². The van der Waals surface area contributed by atoms with Gasteiger partial charge in [0.15, 0.2) is 5.43 Å². The van der Waals surface area contributed by atoms with Crippen LogP contribution in [-0.4, -0.2) is 62.7 Å². The summed E-state index contributed by atoms with van der Waals surface area (Å²) in [4.78, 5) is 53.8. The lowest BCUT2D eigenvalue weighted by Crippen LogP contribution is -2.36. The Morgan fingerprint density at radius 3 is 2.10 bits per heavy atom. The van der Waals surface area contributed by atoms with Crippen LogP contribution in [0.4, 0.5) is 5.69 Å². The van der Waals surface area contributed by atoms with Crippen molar-refractivity contribution >= 4 is 68.6 Å². The van der Waals surface area contributed by atoms with Crippen LogP contribution in [0.1, 0.15) is 26.3 Å². The van der Waals surface area contributed by atoms with Gasteiger partial charge in [-0.3, -0.25) is 14.4 Å². The van der Waals surface area contributed by atoms with E-state index in [4.69, 9.17) is 32.0 Å². The zero-order valence-corrected chi connectivity index (χ0v) is 34.7. The Hall–Kier alpha value is -7.15. The number of nitrogens with zero attached hydrogens (tertiary/aromatic N) is 2. The van der Waals surface area contributed by atoms with Crippen molar-refractivity contribution in [3.63, 3.8) is 0 Å². The highest BCUT2D eigenvalue weighted by Gasteiger charge is 2.30. The van der Waals surface area contributed by atoms with E-state index in [-0.39, 0.29) is 44.5 Å². The van der Waals surface area contributed by atoms with Gasteiger partial charge in [-0.15, -0.1) is 0 Å². The summed E-state index contributed by atoms with van der Waals surface area (Å²) in [7, 11) is 7.55. The molecule has 4 aromatic carbocycles. The number of carbonyl (C=O) groups excluding carboxylic acids is 2. The fourth-order valence-electron chi connectivity index (χ4n) is 7.41. The van der Waals surface area contributed by atoms with Gasteiger partial charge in [0.05, 0.1) is 33.8 Å². The predicted octanol–water partition coefficient (Wildman–Crippen LogP) is 7.94. The van der Waals surface area contributed by atoms with Crippen LogP contribution in [-0.2, 0) is 11.3 Å². The van der Waals surface area contributed by atoms with E-state index in [0.29, 0.717) is 39.2 Å². The third-order valence-corrected chi connectivity index (χ3v) is 11.2. The van der Waals surface area contributed by atoms with Gasteiger partial charge in [0.1, 0.15) is 42.5 Å². The van der Waals surface area contributed by atoms with E-state index in [2.05, 4.69) is 10.6 Å². The molecule has 2 aliphatic carbocycles. The van der Waals surface area contributed by atoms with Crippen LogP contribution >= 0.6 is 23.2 Å². The van der Waals surface area contributed by atoms with Crippen LogP contribution in [0.15, 0.2) is 117 Å². The smallest absolute Gasteiger partial charge is 0.337 e. The van der Waals surface area contributed by atoms with Crippen LogP contribution in [0.2, 0.25) is 10.0 Å². The molecule has 2 aliphatic heterocycles. The van der Waals surface area contributed by atoms with E-state index in [0.717, 1.165) is 38.7 Å². The highest BCUT2D eigenvalue weighted by atomic mass is 35.5. The number of benzene rings is 6. The van der Waals surface area contributed by atoms with Crippen LogP contribution in [0.25, 0.3) is 66.8 Å². The maximum absolute atomic E-state index is 13.8. The van der Waals surface area contributed by atoms with Gasteiger partial charge in [-0.05, 0) is 59.7 Å². The van der Waals surface area contributed by atoms with E-state index in [1.54, 1.807) is 18.2 Å². The lowest BCUT2D eigenvalue weighted by Gasteiger charge is -2.21. The van der Waals surface area contributed by atoms with Crippen molar-refractivity contribution in [2.45, 2.75) is 6.54 Å².